The summed E-state index contributed by atoms with van der Waals surface area (Å²) in [4.78, 5) is 8.75. The summed E-state index contributed by atoms with van der Waals surface area (Å²) in [5.74, 6) is 0.285. The minimum Gasteiger partial charge on any atom is -0.233 e. The summed E-state index contributed by atoms with van der Waals surface area (Å²) in [5.41, 5.74) is 1.66. The molecular formula is C16H12ClFN2. The number of benzene rings is 2. The highest BCUT2D eigenvalue weighted by Gasteiger charge is 2.11. The Balaban J connectivity index is 2.30. The van der Waals surface area contributed by atoms with E-state index in [0.717, 1.165) is 23.1 Å². The molecule has 0 saturated heterocycles. The number of halogens is 2. The molecular weight excluding hydrogens is 275 g/mol. The molecule has 0 radical (unpaired) electrons. The zero-order valence-electron chi connectivity index (χ0n) is 10.9. The quantitative estimate of drug-likeness (QED) is 0.641. The van der Waals surface area contributed by atoms with Gasteiger partial charge in [-0.05, 0) is 30.0 Å². The van der Waals surface area contributed by atoms with Crippen molar-refractivity contribution in [1.29, 1.82) is 0 Å². The number of rotatable bonds is 2. The highest BCUT2D eigenvalue weighted by atomic mass is 35.5. The van der Waals surface area contributed by atoms with Gasteiger partial charge in [-0.15, -0.1) is 0 Å². The molecule has 0 aliphatic heterocycles. The summed E-state index contributed by atoms with van der Waals surface area (Å²) in [7, 11) is 0. The molecule has 2 aromatic carbocycles. The van der Waals surface area contributed by atoms with Gasteiger partial charge in [0, 0.05) is 16.6 Å². The number of hydrogen-bond donors (Lipinski definition) is 0. The van der Waals surface area contributed by atoms with E-state index in [2.05, 4.69) is 9.97 Å². The minimum atomic E-state index is -0.248. The molecule has 0 bridgehead atoms. The fourth-order valence-corrected chi connectivity index (χ4v) is 2.43. The predicted molar refractivity (Wildman–Crippen MR) is 79.3 cm³/mol. The molecule has 0 unspecified atom stereocenters. The third kappa shape index (κ3) is 2.25. The van der Waals surface area contributed by atoms with Crippen molar-refractivity contribution in [2.24, 2.45) is 0 Å². The van der Waals surface area contributed by atoms with Crippen molar-refractivity contribution < 1.29 is 4.39 Å². The SMILES string of the molecule is CCc1cc(Cl)nc(-c2ccc(F)c3ccccc23)n1. The lowest BCUT2D eigenvalue weighted by atomic mass is 10.0. The lowest BCUT2D eigenvalue weighted by molar-refractivity contribution is 0.640. The van der Waals surface area contributed by atoms with Crippen LogP contribution in [-0.4, -0.2) is 9.97 Å². The fourth-order valence-electron chi connectivity index (χ4n) is 2.22. The van der Waals surface area contributed by atoms with Crippen LogP contribution in [0.15, 0.2) is 42.5 Å². The molecule has 3 rings (SSSR count). The van der Waals surface area contributed by atoms with Gasteiger partial charge in [-0.25, -0.2) is 14.4 Å². The molecule has 2 nitrogen and oxygen atoms in total. The number of hydrogen-bond acceptors (Lipinski definition) is 2. The van der Waals surface area contributed by atoms with Crippen LogP contribution in [0.25, 0.3) is 22.2 Å². The van der Waals surface area contributed by atoms with E-state index in [1.165, 1.54) is 6.07 Å². The Morgan fingerprint density at radius 2 is 1.80 bits per heavy atom. The monoisotopic (exact) mass is 286 g/mol. The first-order chi connectivity index (χ1) is 9.69. The summed E-state index contributed by atoms with van der Waals surface area (Å²) in [5, 5.41) is 1.75. The average molecular weight is 287 g/mol. The Kier molecular flexibility index (Phi) is 3.36. The molecule has 0 saturated carbocycles. The van der Waals surface area contributed by atoms with Crippen molar-refractivity contribution in [2.75, 3.05) is 0 Å². The van der Waals surface area contributed by atoms with Gasteiger partial charge < -0.3 is 0 Å². The van der Waals surface area contributed by atoms with E-state index in [9.17, 15) is 4.39 Å². The molecule has 0 aliphatic carbocycles. The predicted octanol–water partition coefficient (Wildman–Crippen LogP) is 4.65. The first kappa shape index (κ1) is 13.0. The van der Waals surface area contributed by atoms with Gasteiger partial charge in [-0.2, -0.15) is 0 Å². The third-order valence-corrected chi connectivity index (χ3v) is 3.42. The van der Waals surface area contributed by atoms with Crippen LogP contribution in [0.1, 0.15) is 12.6 Å². The Bertz CT molecular complexity index is 787. The lowest BCUT2D eigenvalue weighted by Crippen LogP contribution is -1.96. The Morgan fingerprint density at radius 1 is 1.05 bits per heavy atom. The fraction of sp³-hybridized carbons (Fsp3) is 0.125. The number of aromatic nitrogens is 2. The van der Waals surface area contributed by atoms with Gasteiger partial charge in [0.2, 0.25) is 0 Å². The summed E-state index contributed by atoms with van der Waals surface area (Å²) >= 11 is 6.04. The lowest BCUT2D eigenvalue weighted by Gasteiger charge is -2.08. The maximum Gasteiger partial charge on any atom is 0.161 e. The van der Waals surface area contributed by atoms with Crippen molar-refractivity contribution in [2.45, 2.75) is 13.3 Å². The minimum absolute atomic E-state index is 0.248. The first-order valence-electron chi connectivity index (χ1n) is 6.40. The normalized spacial score (nSPS) is 10.9. The van der Waals surface area contributed by atoms with Gasteiger partial charge in [0.25, 0.3) is 0 Å². The van der Waals surface area contributed by atoms with Gasteiger partial charge in [0.1, 0.15) is 11.0 Å². The standard InChI is InChI=1S/C16H12ClFN2/c1-2-10-9-15(17)20-16(19-10)13-7-8-14(18)12-6-4-3-5-11(12)13/h3-9H,2H2,1H3. The van der Waals surface area contributed by atoms with Crippen molar-refractivity contribution >= 4 is 22.4 Å². The summed E-state index contributed by atoms with van der Waals surface area (Å²) in [6, 6.07) is 12.2. The van der Waals surface area contributed by atoms with Crippen molar-refractivity contribution in [1.82, 2.24) is 9.97 Å². The molecule has 4 heteroatoms. The zero-order valence-corrected chi connectivity index (χ0v) is 11.7. The van der Waals surface area contributed by atoms with Crippen LogP contribution in [0.3, 0.4) is 0 Å². The van der Waals surface area contributed by atoms with E-state index in [1.807, 2.05) is 25.1 Å². The maximum atomic E-state index is 13.8. The first-order valence-corrected chi connectivity index (χ1v) is 6.78. The largest absolute Gasteiger partial charge is 0.233 e. The number of aryl methyl sites for hydroxylation is 1. The Hall–Kier alpha value is -2.00. The molecule has 1 aromatic heterocycles. The van der Waals surface area contributed by atoms with E-state index in [0.29, 0.717) is 16.4 Å². The van der Waals surface area contributed by atoms with Gasteiger partial charge in [0.05, 0.1) is 0 Å². The highest BCUT2D eigenvalue weighted by molar-refractivity contribution is 6.29. The average Bonchev–Trinajstić information content (AvgIpc) is 2.47. The second-order valence-corrected chi connectivity index (χ2v) is 4.89. The Labute approximate surface area is 121 Å². The van der Waals surface area contributed by atoms with E-state index in [1.54, 1.807) is 18.2 Å². The van der Waals surface area contributed by atoms with Crippen LogP contribution >= 0.6 is 11.6 Å². The van der Waals surface area contributed by atoms with Crippen molar-refractivity contribution in [3.05, 3.63) is 59.1 Å². The number of nitrogens with zero attached hydrogens (tertiary/aromatic N) is 2. The molecule has 0 aliphatic rings. The summed E-state index contributed by atoms with van der Waals surface area (Å²) < 4.78 is 13.8. The van der Waals surface area contributed by atoms with Crippen LogP contribution in [0.2, 0.25) is 5.15 Å². The molecule has 3 aromatic rings. The van der Waals surface area contributed by atoms with E-state index in [4.69, 9.17) is 11.6 Å². The van der Waals surface area contributed by atoms with E-state index >= 15 is 0 Å². The van der Waals surface area contributed by atoms with Crippen LogP contribution in [0.5, 0.6) is 0 Å². The molecule has 20 heavy (non-hydrogen) atoms. The van der Waals surface area contributed by atoms with Crippen LogP contribution < -0.4 is 0 Å². The van der Waals surface area contributed by atoms with E-state index < -0.39 is 0 Å². The van der Waals surface area contributed by atoms with E-state index in [-0.39, 0.29) is 5.82 Å². The molecule has 0 atom stereocenters. The van der Waals surface area contributed by atoms with Gasteiger partial charge in [-0.3, -0.25) is 0 Å². The topological polar surface area (TPSA) is 25.8 Å². The van der Waals surface area contributed by atoms with Gasteiger partial charge in [-0.1, -0.05) is 42.8 Å². The van der Waals surface area contributed by atoms with Crippen LogP contribution in [0, 0.1) is 5.82 Å². The highest BCUT2D eigenvalue weighted by Crippen LogP contribution is 2.29. The molecule has 0 N–H and O–H groups in total. The van der Waals surface area contributed by atoms with Crippen LogP contribution in [0.4, 0.5) is 4.39 Å². The van der Waals surface area contributed by atoms with Gasteiger partial charge in [0.15, 0.2) is 5.82 Å². The zero-order chi connectivity index (χ0) is 14.1. The van der Waals surface area contributed by atoms with Crippen molar-refractivity contribution in [3.8, 4) is 11.4 Å². The molecule has 100 valence electrons. The second-order valence-electron chi connectivity index (χ2n) is 4.50. The Morgan fingerprint density at radius 3 is 2.55 bits per heavy atom. The molecule has 0 spiro atoms. The van der Waals surface area contributed by atoms with Crippen molar-refractivity contribution in [3.63, 3.8) is 0 Å². The summed E-state index contributed by atoms with van der Waals surface area (Å²) in [6.45, 7) is 2.01. The van der Waals surface area contributed by atoms with Gasteiger partial charge >= 0.3 is 0 Å². The summed E-state index contributed by atoms with van der Waals surface area (Å²) in [6.07, 6.45) is 0.772. The molecule has 1 heterocycles. The molecule has 0 fully saturated rings. The molecule has 0 amide bonds. The third-order valence-electron chi connectivity index (χ3n) is 3.22. The second kappa shape index (κ2) is 5.17. The number of fused-ring (bicyclic) bond motifs is 1. The smallest absolute Gasteiger partial charge is 0.161 e. The maximum absolute atomic E-state index is 13.8. The van der Waals surface area contributed by atoms with Crippen LogP contribution in [-0.2, 0) is 6.42 Å².